The van der Waals surface area contributed by atoms with Gasteiger partial charge in [-0.1, -0.05) is 33.1 Å². The van der Waals surface area contributed by atoms with E-state index in [1.165, 1.54) is 19.3 Å². The van der Waals surface area contributed by atoms with Crippen molar-refractivity contribution in [2.45, 2.75) is 65.4 Å². The molecule has 154 valence electrons. The number of amides is 1. The molecule has 0 saturated heterocycles. The summed E-state index contributed by atoms with van der Waals surface area (Å²) in [6.07, 6.45) is 6.95. The predicted octanol–water partition coefficient (Wildman–Crippen LogP) is 2.92. The number of aliphatic imine (C=N–C) groups is 1. The maximum atomic E-state index is 12.1. The number of nitrogens with one attached hydrogen (secondary N) is 3. The SMILES string of the molecule is CCOC(CCNC(=NC)NCCNC(=O)C1CCCCC1)C(C)C.I. The number of carbonyl (C=O) groups is 1. The van der Waals surface area contributed by atoms with E-state index in [1.54, 1.807) is 7.05 Å². The first-order chi connectivity index (χ1) is 12.1. The Labute approximate surface area is 176 Å². The Balaban J connectivity index is 0.00000625. The predicted molar refractivity (Wildman–Crippen MR) is 119 cm³/mol. The minimum absolute atomic E-state index is 0. The molecule has 0 aliphatic heterocycles. The summed E-state index contributed by atoms with van der Waals surface area (Å²) in [4.78, 5) is 16.3. The van der Waals surface area contributed by atoms with E-state index in [1.807, 2.05) is 6.92 Å². The highest BCUT2D eigenvalue weighted by atomic mass is 127. The molecule has 1 atom stereocenters. The third-order valence-corrected chi connectivity index (χ3v) is 4.76. The number of nitrogens with zero attached hydrogens (tertiary/aromatic N) is 1. The first kappa shape index (κ1) is 25.4. The van der Waals surface area contributed by atoms with Gasteiger partial charge >= 0.3 is 0 Å². The third kappa shape index (κ3) is 10.5. The number of hydrogen-bond acceptors (Lipinski definition) is 3. The Kier molecular flexibility index (Phi) is 15.1. The summed E-state index contributed by atoms with van der Waals surface area (Å²) in [6.45, 7) is 9.27. The van der Waals surface area contributed by atoms with Gasteiger partial charge in [0.1, 0.15) is 0 Å². The molecule has 1 fully saturated rings. The highest BCUT2D eigenvalue weighted by molar-refractivity contribution is 14.0. The van der Waals surface area contributed by atoms with Gasteiger partial charge in [-0.05, 0) is 32.1 Å². The van der Waals surface area contributed by atoms with Crippen molar-refractivity contribution in [2.24, 2.45) is 16.8 Å². The summed E-state index contributed by atoms with van der Waals surface area (Å²) in [5, 5.41) is 9.59. The van der Waals surface area contributed by atoms with Crippen molar-refractivity contribution in [2.75, 3.05) is 33.3 Å². The summed E-state index contributed by atoms with van der Waals surface area (Å²) in [5.41, 5.74) is 0. The fourth-order valence-corrected chi connectivity index (χ4v) is 3.25. The van der Waals surface area contributed by atoms with Gasteiger partial charge in [0.25, 0.3) is 0 Å². The highest BCUT2D eigenvalue weighted by Gasteiger charge is 2.20. The summed E-state index contributed by atoms with van der Waals surface area (Å²) in [6, 6.07) is 0. The number of ether oxygens (including phenoxy) is 1. The van der Waals surface area contributed by atoms with Gasteiger partial charge in [-0.2, -0.15) is 0 Å². The molecule has 1 aliphatic rings. The van der Waals surface area contributed by atoms with Crippen LogP contribution in [0.5, 0.6) is 0 Å². The molecular formula is C19H39IN4O2. The van der Waals surface area contributed by atoms with Crippen molar-refractivity contribution in [3.8, 4) is 0 Å². The maximum Gasteiger partial charge on any atom is 0.223 e. The van der Waals surface area contributed by atoms with E-state index in [-0.39, 0.29) is 41.9 Å². The van der Waals surface area contributed by atoms with Crippen LogP contribution in [0.4, 0.5) is 0 Å². The number of rotatable bonds is 10. The molecule has 1 aliphatic carbocycles. The molecule has 0 aromatic carbocycles. The lowest BCUT2D eigenvalue weighted by molar-refractivity contribution is -0.125. The first-order valence-electron chi connectivity index (χ1n) is 9.92. The average molecular weight is 482 g/mol. The van der Waals surface area contributed by atoms with Gasteiger partial charge in [-0.25, -0.2) is 0 Å². The van der Waals surface area contributed by atoms with Crippen LogP contribution in [0.2, 0.25) is 0 Å². The van der Waals surface area contributed by atoms with Gasteiger partial charge in [0.05, 0.1) is 6.10 Å². The average Bonchev–Trinajstić information content (AvgIpc) is 2.63. The Morgan fingerprint density at radius 3 is 2.27 bits per heavy atom. The second-order valence-corrected chi connectivity index (χ2v) is 7.08. The van der Waals surface area contributed by atoms with Gasteiger partial charge < -0.3 is 20.7 Å². The van der Waals surface area contributed by atoms with Gasteiger partial charge in [0.15, 0.2) is 5.96 Å². The molecule has 0 aromatic heterocycles. The second kappa shape index (κ2) is 15.5. The second-order valence-electron chi connectivity index (χ2n) is 7.08. The third-order valence-electron chi connectivity index (χ3n) is 4.76. The minimum atomic E-state index is 0. The Morgan fingerprint density at radius 1 is 1.08 bits per heavy atom. The van der Waals surface area contributed by atoms with E-state index < -0.39 is 0 Å². The minimum Gasteiger partial charge on any atom is -0.378 e. The number of halogens is 1. The van der Waals surface area contributed by atoms with E-state index in [9.17, 15) is 4.79 Å². The van der Waals surface area contributed by atoms with E-state index >= 15 is 0 Å². The van der Waals surface area contributed by atoms with Crippen LogP contribution in [0.15, 0.2) is 4.99 Å². The lowest BCUT2D eigenvalue weighted by atomic mass is 9.89. The van der Waals surface area contributed by atoms with Crippen LogP contribution < -0.4 is 16.0 Å². The lowest BCUT2D eigenvalue weighted by Crippen LogP contribution is -2.43. The molecule has 0 spiro atoms. The van der Waals surface area contributed by atoms with Crippen LogP contribution in [0.25, 0.3) is 0 Å². The van der Waals surface area contributed by atoms with E-state index in [0.29, 0.717) is 19.0 Å². The Bertz CT molecular complexity index is 399. The molecule has 0 aromatic rings. The maximum absolute atomic E-state index is 12.1. The zero-order chi connectivity index (χ0) is 18.5. The topological polar surface area (TPSA) is 74.8 Å². The Hall–Kier alpha value is -0.570. The number of hydrogen-bond donors (Lipinski definition) is 3. The molecule has 26 heavy (non-hydrogen) atoms. The van der Waals surface area contributed by atoms with Crippen LogP contribution in [0.3, 0.4) is 0 Å². The quantitative estimate of drug-likeness (QED) is 0.194. The van der Waals surface area contributed by atoms with Crippen molar-refractivity contribution in [3.63, 3.8) is 0 Å². The van der Waals surface area contributed by atoms with Crippen LogP contribution >= 0.6 is 24.0 Å². The van der Waals surface area contributed by atoms with E-state index in [2.05, 4.69) is 34.8 Å². The molecule has 0 heterocycles. The monoisotopic (exact) mass is 482 g/mol. The van der Waals surface area contributed by atoms with E-state index in [0.717, 1.165) is 38.4 Å². The number of carbonyl (C=O) groups excluding carboxylic acids is 1. The molecule has 0 bridgehead atoms. The van der Waals surface area contributed by atoms with Crippen molar-refractivity contribution < 1.29 is 9.53 Å². The van der Waals surface area contributed by atoms with Gasteiger partial charge in [0.2, 0.25) is 5.91 Å². The van der Waals surface area contributed by atoms with Gasteiger partial charge in [-0.3, -0.25) is 9.79 Å². The summed E-state index contributed by atoms with van der Waals surface area (Å²) < 4.78 is 5.75. The number of guanidine groups is 1. The van der Waals surface area contributed by atoms with Crippen LogP contribution in [0.1, 0.15) is 59.3 Å². The van der Waals surface area contributed by atoms with Crippen molar-refractivity contribution in [1.29, 1.82) is 0 Å². The fourth-order valence-electron chi connectivity index (χ4n) is 3.25. The zero-order valence-electron chi connectivity index (χ0n) is 17.0. The van der Waals surface area contributed by atoms with Gasteiger partial charge in [-0.15, -0.1) is 24.0 Å². The first-order valence-corrected chi connectivity index (χ1v) is 9.92. The van der Waals surface area contributed by atoms with Gasteiger partial charge in [0, 0.05) is 39.2 Å². The fraction of sp³-hybridized carbons (Fsp3) is 0.895. The molecule has 0 radical (unpaired) electrons. The summed E-state index contributed by atoms with van der Waals surface area (Å²) in [7, 11) is 1.76. The molecule has 1 unspecified atom stereocenters. The summed E-state index contributed by atoms with van der Waals surface area (Å²) in [5.74, 6) is 1.70. The molecular weight excluding hydrogens is 443 g/mol. The van der Waals surface area contributed by atoms with Crippen LogP contribution in [-0.2, 0) is 9.53 Å². The molecule has 3 N–H and O–H groups in total. The molecule has 1 amide bonds. The van der Waals surface area contributed by atoms with E-state index in [4.69, 9.17) is 4.74 Å². The van der Waals surface area contributed by atoms with Crippen molar-refractivity contribution in [1.82, 2.24) is 16.0 Å². The normalized spacial score (nSPS) is 16.7. The molecule has 7 heteroatoms. The summed E-state index contributed by atoms with van der Waals surface area (Å²) >= 11 is 0. The molecule has 1 saturated carbocycles. The molecule has 1 rings (SSSR count). The largest absolute Gasteiger partial charge is 0.378 e. The van der Waals surface area contributed by atoms with Crippen LogP contribution in [0, 0.1) is 11.8 Å². The smallest absolute Gasteiger partial charge is 0.223 e. The highest BCUT2D eigenvalue weighted by Crippen LogP contribution is 2.23. The molecule has 6 nitrogen and oxygen atoms in total. The standard InChI is InChI=1S/C19H38N4O2.HI/c1-5-25-17(15(2)3)11-12-22-19(20-4)23-14-13-21-18(24)16-9-7-6-8-10-16;/h15-17H,5-14H2,1-4H3,(H,21,24)(H2,20,22,23);1H. The lowest BCUT2D eigenvalue weighted by Gasteiger charge is -2.22. The Morgan fingerprint density at radius 2 is 1.69 bits per heavy atom. The van der Waals surface area contributed by atoms with Crippen molar-refractivity contribution >= 4 is 35.8 Å². The van der Waals surface area contributed by atoms with Crippen molar-refractivity contribution in [3.05, 3.63) is 0 Å². The zero-order valence-corrected chi connectivity index (χ0v) is 19.3. The van der Waals surface area contributed by atoms with Crippen LogP contribution in [-0.4, -0.2) is 51.3 Å².